The van der Waals surface area contributed by atoms with E-state index in [1.807, 2.05) is 24.5 Å². The van der Waals surface area contributed by atoms with Crippen molar-refractivity contribution < 1.29 is 0 Å². The maximum atomic E-state index is 5.43. The molecule has 0 bridgehead atoms. The van der Waals surface area contributed by atoms with Crippen molar-refractivity contribution in [3.05, 3.63) is 291 Å². The summed E-state index contributed by atoms with van der Waals surface area (Å²) < 4.78 is 0. The van der Waals surface area contributed by atoms with Gasteiger partial charge in [0, 0.05) is 62.7 Å². The van der Waals surface area contributed by atoms with Crippen LogP contribution in [0.25, 0.3) is 150 Å². The van der Waals surface area contributed by atoms with E-state index in [1.54, 1.807) is 0 Å². The fraction of sp³-hybridized carbons (Fsp3) is 0.0256. The van der Waals surface area contributed by atoms with Gasteiger partial charge in [-0.25, -0.2) is 19.9 Å². The van der Waals surface area contributed by atoms with Gasteiger partial charge < -0.3 is 0 Å². The first-order chi connectivity index (χ1) is 41.6. The average molecular weight is 1070 g/mol. The van der Waals surface area contributed by atoms with Crippen LogP contribution < -0.4 is 0 Å². The SMILES string of the molecule is C1=CC2C=C(c3ccc(-c4cc(-c5c6ccccc6cc6ccccc56)nc(-c5ccc(-c6ccc(-c7nc(-c8ccc(-c9cnc%10ccccc%10c9)cc8)cc(-c8c9ccccc9cc9ccccc89)n7)cc6)cc5)n4)cc3)C=NC2C=C1. The van der Waals surface area contributed by atoms with Crippen LogP contribution in [0, 0.1) is 5.92 Å². The molecule has 16 rings (SSSR count). The van der Waals surface area contributed by atoms with Crippen LogP contribution in [0.2, 0.25) is 0 Å². The van der Waals surface area contributed by atoms with E-state index >= 15 is 0 Å². The van der Waals surface area contributed by atoms with Crippen LogP contribution in [0.5, 0.6) is 0 Å². The largest absolute Gasteiger partial charge is 0.284 e. The maximum absolute atomic E-state index is 5.43. The molecule has 0 fully saturated rings. The second-order valence-corrected chi connectivity index (χ2v) is 21.8. The summed E-state index contributed by atoms with van der Waals surface area (Å²) in [5.41, 5.74) is 17.0. The fourth-order valence-corrected chi connectivity index (χ4v) is 12.3. The summed E-state index contributed by atoms with van der Waals surface area (Å²) in [7, 11) is 0. The Hall–Kier alpha value is -11.1. The lowest BCUT2D eigenvalue weighted by atomic mass is 9.89. The third-order valence-electron chi connectivity index (χ3n) is 16.6. The second-order valence-electron chi connectivity index (χ2n) is 21.8. The van der Waals surface area contributed by atoms with Crippen molar-refractivity contribution in [2.24, 2.45) is 10.9 Å². The van der Waals surface area contributed by atoms with Crippen LogP contribution >= 0.6 is 0 Å². The highest BCUT2D eigenvalue weighted by molar-refractivity contribution is 6.14. The van der Waals surface area contributed by atoms with E-state index in [0.717, 1.165) is 133 Å². The number of allylic oxidation sites excluding steroid dienone is 3. The number of para-hydroxylation sites is 1. The van der Waals surface area contributed by atoms with Crippen molar-refractivity contribution in [2.75, 3.05) is 0 Å². The standard InChI is InChI=1S/C78H50N6/c1-7-19-65-57(13-1)41-58-14-2-8-20-66(58)75(65)73-45-71(53-33-25-51(26-34-53)63-43-61-17-5-11-23-69(61)79-47-63)81-77(83-73)55-37-29-49(30-38-55)50-31-39-56(40-32-50)78-82-72(54-35-27-52(28-36-54)64-44-62-18-6-12-24-70(62)80-48-64)46-74(84-78)76-67-21-9-3-15-59(67)42-60-16-4-10-22-68(60)76/h1-48,61,69H. The molecule has 14 aromatic rings. The zero-order valence-electron chi connectivity index (χ0n) is 45.6. The van der Waals surface area contributed by atoms with Crippen molar-refractivity contribution in [2.45, 2.75) is 6.04 Å². The van der Waals surface area contributed by atoms with E-state index in [0.29, 0.717) is 11.6 Å². The highest BCUT2D eigenvalue weighted by Gasteiger charge is 2.22. The first-order valence-electron chi connectivity index (χ1n) is 28.5. The molecule has 2 atom stereocenters. The minimum atomic E-state index is 0.162. The Morgan fingerprint density at radius 2 is 0.690 bits per heavy atom. The van der Waals surface area contributed by atoms with Gasteiger partial charge in [0.2, 0.25) is 0 Å². The summed E-state index contributed by atoms with van der Waals surface area (Å²) >= 11 is 0. The molecule has 84 heavy (non-hydrogen) atoms. The van der Waals surface area contributed by atoms with E-state index < -0.39 is 0 Å². The van der Waals surface area contributed by atoms with Gasteiger partial charge >= 0.3 is 0 Å². The lowest BCUT2D eigenvalue weighted by Gasteiger charge is -2.22. The van der Waals surface area contributed by atoms with E-state index in [1.165, 1.54) is 10.8 Å². The summed E-state index contributed by atoms with van der Waals surface area (Å²) in [4.78, 5) is 31.1. The highest BCUT2D eigenvalue weighted by Crippen LogP contribution is 2.41. The minimum Gasteiger partial charge on any atom is -0.284 e. The number of dihydropyridines is 1. The summed E-state index contributed by atoms with van der Waals surface area (Å²) in [5.74, 6) is 1.57. The molecule has 4 heterocycles. The molecule has 2 aliphatic rings. The predicted molar refractivity (Wildman–Crippen MR) is 348 cm³/mol. The molecule has 0 saturated heterocycles. The van der Waals surface area contributed by atoms with Gasteiger partial charge in [0.15, 0.2) is 11.6 Å². The highest BCUT2D eigenvalue weighted by atomic mass is 14.9. The van der Waals surface area contributed by atoms with Crippen molar-refractivity contribution in [1.29, 1.82) is 0 Å². The Labute approximate surface area is 485 Å². The van der Waals surface area contributed by atoms with Gasteiger partial charge in [-0.3, -0.25) is 9.98 Å². The molecule has 1 aliphatic carbocycles. The van der Waals surface area contributed by atoms with Crippen molar-refractivity contribution in [3.8, 4) is 90.1 Å². The van der Waals surface area contributed by atoms with Gasteiger partial charge in [0.05, 0.1) is 34.3 Å². The van der Waals surface area contributed by atoms with Crippen LogP contribution in [-0.4, -0.2) is 37.2 Å². The van der Waals surface area contributed by atoms with Crippen LogP contribution in [0.3, 0.4) is 0 Å². The number of rotatable bonds is 9. The molecule has 6 heteroatoms. The number of aliphatic imine (C=N–C) groups is 1. The van der Waals surface area contributed by atoms with E-state index in [2.05, 4.69) is 267 Å². The van der Waals surface area contributed by atoms with Crippen LogP contribution in [-0.2, 0) is 0 Å². The molecule has 2 unspecified atom stereocenters. The van der Waals surface area contributed by atoms with Gasteiger partial charge in [0.25, 0.3) is 0 Å². The van der Waals surface area contributed by atoms with E-state index in [9.17, 15) is 0 Å². The smallest absolute Gasteiger partial charge is 0.160 e. The molecule has 3 aromatic heterocycles. The van der Waals surface area contributed by atoms with E-state index in [4.69, 9.17) is 29.9 Å². The minimum absolute atomic E-state index is 0.162. The normalized spacial score (nSPS) is 14.6. The lowest BCUT2D eigenvalue weighted by Crippen LogP contribution is -2.18. The third-order valence-corrected chi connectivity index (χ3v) is 16.6. The number of pyridine rings is 1. The first-order valence-corrected chi connectivity index (χ1v) is 28.5. The van der Waals surface area contributed by atoms with Gasteiger partial charge in [-0.05, 0) is 107 Å². The molecule has 0 spiro atoms. The van der Waals surface area contributed by atoms with Crippen molar-refractivity contribution >= 4 is 65.8 Å². The predicted octanol–water partition coefficient (Wildman–Crippen LogP) is 19.3. The summed E-state index contributed by atoms with van der Waals surface area (Å²) in [6, 6.07) is 88.4. The monoisotopic (exact) mass is 1070 g/mol. The van der Waals surface area contributed by atoms with Gasteiger partial charge in [-0.1, -0.05) is 243 Å². The Kier molecular flexibility index (Phi) is 11.9. The summed E-state index contributed by atoms with van der Waals surface area (Å²) in [5, 5.41) is 10.4. The molecule has 0 saturated carbocycles. The van der Waals surface area contributed by atoms with E-state index in [-0.39, 0.29) is 12.0 Å². The number of hydrogen-bond acceptors (Lipinski definition) is 6. The second kappa shape index (κ2) is 20.5. The zero-order chi connectivity index (χ0) is 55.5. The molecule has 6 nitrogen and oxygen atoms in total. The number of fused-ring (bicyclic) bond motifs is 6. The molecular formula is C78H50N6. The molecular weight excluding hydrogens is 1020 g/mol. The van der Waals surface area contributed by atoms with Crippen molar-refractivity contribution in [3.63, 3.8) is 0 Å². The molecule has 0 N–H and O–H groups in total. The molecule has 0 radical (unpaired) electrons. The molecule has 392 valence electrons. The van der Waals surface area contributed by atoms with Gasteiger partial charge in [0.1, 0.15) is 0 Å². The zero-order valence-corrected chi connectivity index (χ0v) is 45.6. The Morgan fingerprint density at radius 1 is 0.298 bits per heavy atom. The summed E-state index contributed by atoms with van der Waals surface area (Å²) in [6.45, 7) is 0. The van der Waals surface area contributed by atoms with Crippen LogP contribution in [0.15, 0.2) is 290 Å². The number of benzene rings is 11. The Balaban J connectivity index is 0.761. The average Bonchev–Trinajstić information content (AvgIpc) is 3.17. The number of nitrogens with zero attached hydrogens (tertiary/aromatic N) is 6. The summed E-state index contributed by atoms with van der Waals surface area (Å²) in [6.07, 6.45) is 14.9. The molecule has 0 amide bonds. The quantitative estimate of drug-likeness (QED) is 0.135. The van der Waals surface area contributed by atoms with Gasteiger partial charge in [-0.15, -0.1) is 0 Å². The molecule has 1 aliphatic heterocycles. The molecule has 11 aromatic carbocycles. The van der Waals surface area contributed by atoms with Gasteiger partial charge in [-0.2, -0.15) is 0 Å². The van der Waals surface area contributed by atoms with Crippen LogP contribution in [0.4, 0.5) is 0 Å². The Morgan fingerprint density at radius 3 is 1.19 bits per heavy atom. The number of aromatic nitrogens is 5. The third kappa shape index (κ3) is 8.94. The maximum Gasteiger partial charge on any atom is 0.160 e. The topological polar surface area (TPSA) is 76.8 Å². The number of hydrogen-bond donors (Lipinski definition) is 0. The van der Waals surface area contributed by atoms with Crippen LogP contribution in [0.1, 0.15) is 5.56 Å². The Bertz CT molecular complexity index is 4950. The lowest BCUT2D eigenvalue weighted by molar-refractivity contribution is 0.685. The van der Waals surface area contributed by atoms with Crippen molar-refractivity contribution in [1.82, 2.24) is 24.9 Å². The first kappa shape index (κ1) is 48.8. The fourth-order valence-electron chi connectivity index (χ4n) is 12.3.